The molecule has 3 unspecified atom stereocenters. The van der Waals surface area contributed by atoms with Gasteiger partial charge < -0.3 is 4.90 Å². The topological polar surface area (TPSA) is 40.6 Å². The number of rotatable bonds is 10. The van der Waals surface area contributed by atoms with Crippen LogP contribution in [-0.2, 0) is 4.79 Å². The highest BCUT2D eigenvalue weighted by Gasteiger charge is 2.43. The van der Waals surface area contributed by atoms with Gasteiger partial charge in [-0.3, -0.25) is 9.69 Å². The van der Waals surface area contributed by atoms with Crippen LogP contribution in [0.25, 0.3) is 0 Å². The van der Waals surface area contributed by atoms with Crippen LogP contribution in [0.4, 0.5) is 4.79 Å². The first-order valence-electron chi connectivity index (χ1n) is 9.16. The van der Waals surface area contributed by atoms with E-state index in [0.29, 0.717) is 0 Å². The molecule has 0 saturated carbocycles. The lowest BCUT2D eigenvalue weighted by molar-refractivity contribution is -0.133. The van der Waals surface area contributed by atoms with E-state index in [-0.39, 0.29) is 29.9 Å². The zero-order valence-electron chi connectivity index (χ0n) is 15.4. The summed E-state index contributed by atoms with van der Waals surface area (Å²) in [6.45, 7) is 9.87. The van der Waals surface area contributed by atoms with Gasteiger partial charge in [-0.05, 0) is 39.5 Å². The van der Waals surface area contributed by atoms with Crippen LogP contribution in [-0.4, -0.2) is 40.9 Å². The summed E-state index contributed by atoms with van der Waals surface area (Å²) in [5, 5.41) is 0. The molecule has 1 aliphatic rings. The van der Waals surface area contributed by atoms with Gasteiger partial charge in [0, 0.05) is 13.0 Å². The van der Waals surface area contributed by atoms with E-state index in [9.17, 15) is 9.59 Å². The molecule has 0 aromatic heterocycles. The minimum atomic E-state index is -0.136. The summed E-state index contributed by atoms with van der Waals surface area (Å²) in [5.74, 6) is 0.0275. The number of urea groups is 1. The number of hydrogen-bond donors (Lipinski definition) is 0. The lowest BCUT2D eigenvalue weighted by atomic mass is 9.93. The molecular weight excluding hydrogens is 288 g/mol. The van der Waals surface area contributed by atoms with Gasteiger partial charge in [-0.15, -0.1) is 6.58 Å². The van der Waals surface area contributed by atoms with Crippen LogP contribution in [0.1, 0.15) is 72.1 Å². The van der Waals surface area contributed by atoms with Crippen molar-refractivity contribution in [1.29, 1.82) is 0 Å². The summed E-state index contributed by atoms with van der Waals surface area (Å²) in [4.78, 5) is 28.5. The van der Waals surface area contributed by atoms with Crippen LogP contribution in [0, 0.1) is 5.92 Å². The molecule has 1 fully saturated rings. The highest BCUT2D eigenvalue weighted by atomic mass is 16.2. The van der Waals surface area contributed by atoms with Crippen molar-refractivity contribution in [3.05, 3.63) is 12.7 Å². The van der Waals surface area contributed by atoms with E-state index in [2.05, 4.69) is 13.5 Å². The van der Waals surface area contributed by atoms with Crippen molar-refractivity contribution in [3.63, 3.8) is 0 Å². The lowest BCUT2D eigenvalue weighted by Gasteiger charge is -2.25. The zero-order valence-corrected chi connectivity index (χ0v) is 15.4. The Hall–Kier alpha value is -1.32. The van der Waals surface area contributed by atoms with Crippen LogP contribution < -0.4 is 0 Å². The number of allylic oxidation sites excluding steroid dienone is 1. The molecular formula is C19H34N2O2. The van der Waals surface area contributed by atoms with Crippen LogP contribution in [0.3, 0.4) is 0 Å². The number of carbonyl (C=O) groups excluding carboxylic acids is 2. The van der Waals surface area contributed by atoms with Gasteiger partial charge in [-0.1, -0.05) is 38.7 Å². The molecule has 3 atom stereocenters. The second kappa shape index (κ2) is 9.74. The van der Waals surface area contributed by atoms with Crippen molar-refractivity contribution in [1.82, 2.24) is 9.80 Å². The first-order valence-corrected chi connectivity index (χ1v) is 9.16. The van der Waals surface area contributed by atoms with Crippen LogP contribution in [0.15, 0.2) is 12.7 Å². The maximum atomic E-state index is 12.9. The van der Waals surface area contributed by atoms with E-state index in [0.717, 1.165) is 51.4 Å². The van der Waals surface area contributed by atoms with Crippen molar-refractivity contribution < 1.29 is 9.59 Å². The van der Waals surface area contributed by atoms with E-state index in [4.69, 9.17) is 0 Å². The van der Waals surface area contributed by atoms with Gasteiger partial charge in [0.25, 0.3) is 0 Å². The molecule has 1 saturated heterocycles. The molecule has 1 aliphatic heterocycles. The normalized spacial score (nSPS) is 22.5. The number of nitrogens with zero attached hydrogens (tertiary/aromatic N) is 2. The number of imide groups is 1. The molecule has 3 amide bonds. The van der Waals surface area contributed by atoms with Crippen LogP contribution in [0.2, 0.25) is 0 Å². The highest BCUT2D eigenvalue weighted by molar-refractivity contribution is 5.97. The predicted molar refractivity (Wildman–Crippen MR) is 95.2 cm³/mol. The smallest absolute Gasteiger partial charge is 0.323 e. The van der Waals surface area contributed by atoms with Gasteiger partial charge in [-0.2, -0.15) is 0 Å². The van der Waals surface area contributed by atoms with Crippen molar-refractivity contribution in [2.45, 2.75) is 84.2 Å². The minimum absolute atomic E-state index is 0.0104. The molecule has 23 heavy (non-hydrogen) atoms. The summed E-state index contributed by atoms with van der Waals surface area (Å²) in [5.41, 5.74) is 0. The molecule has 0 aliphatic carbocycles. The molecule has 1 rings (SSSR count). The molecule has 0 radical (unpaired) electrons. The number of likely N-dealkylation sites (N-methyl/N-ethyl adjacent to an activating group) is 1. The maximum Gasteiger partial charge on any atom is 0.327 e. The predicted octanol–water partition coefficient (Wildman–Crippen LogP) is 4.60. The van der Waals surface area contributed by atoms with Crippen molar-refractivity contribution in [2.75, 3.05) is 7.05 Å². The van der Waals surface area contributed by atoms with E-state index < -0.39 is 0 Å². The summed E-state index contributed by atoms with van der Waals surface area (Å²) >= 11 is 0. The summed E-state index contributed by atoms with van der Waals surface area (Å²) in [6, 6.07) is -0.0843. The Kier molecular flexibility index (Phi) is 8.35. The Balaban J connectivity index is 2.67. The quantitative estimate of drug-likeness (QED) is 0.435. The summed E-state index contributed by atoms with van der Waals surface area (Å²) in [7, 11) is 1.78. The largest absolute Gasteiger partial charge is 0.327 e. The Bertz CT molecular complexity index is 408. The van der Waals surface area contributed by atoms with Crippen LogP contribution in [0.5, 0.6) is 0 Å². The number of unbranched alkanes of at least 4 members (excludes halogenated alkanes) is 4. The monoisotopic (exact) mass is 322 g/mol. The van der Waals surface area contributed by atoms with E-state index in [1.54, 1.807) is 11.9 Å². The Morgan fingerprint density at radius 1 is 1.17 bits per heavy atom. The molecule has 1 heterocycles. The number of hydrogen-bond acceptors (Lipinski definition) is 2. The third-order valence-corrected chi connectivity index (χ3v) is 5.18. The average Bonchev–Trinajstić information content (AvgIpc) is 2.73. The van der Waals surface area contributed by atoms with Gasteiger partial charge in [-0.25, -0.2) is 4.79 Å². The molecule has 4 nitrogen and oxygen atoms in total. The van der Waals surface area contributed by atoms with E-state index >= 15 is 0 Å². The van der Waals surface area contributed by atoms with Crippen molar-refractivity contribution >= 4 is 11.9 Å². The Morgan fingerprint density at radius 2 is 1.83 bits per heavy atom. The molecule has 132 valence electrons. The van der Waals surface area contributed by atoms with Crippen LogP contribution >= 0.6 is 0 Å². The van der Waals surface area contributed by atoms with Gasteiger partial charge in [0.05, 0.1) is 12.1 Å². The van der Waals surface area contributed by atoms with Gasteiger partial charge in [0.1, 0.15) is 0 Å². The molecule has 4 heteroatoms. The summed E-state index contributed by atoms with van der Waals surface area (Å²) < 4.78 is 0. The van der Waals surface area contributed by atoms with Gasteiger partial charge in [0.15, 0.2) is 0 Å². The fraction of sp³-hybridized carbons (Fsp3) is 0.789. The molecule has 0 aromatic carbocycles. The van der Waals surface area contributed by atoms with Crippen molar-refractivity contribution in [3.8, 4) is 0 Å². The molecule has 0 bridgehead atoms. The Morgan fingerprint density at radius 3 is 2.35 bits per heavy atom. The number of amides is 3. The maximum absolute atomic E-state index is 12.9. The number of carbonyl (C=O) groups is 2. The molecule has 0 aromatic rings. The molecule has 0 N–H and O–H groups in total. The summed E-state index contributed by atoms with van der Waals surface area (Å²) in [6.07, 6.45) is 10.2. The molecule has 0 spiro atoms. The minimum Gasteiger partial charge on any atom is -0.323 e. The Labute approximate surface area is 141 Å². The second-order valence-corrected chi connectivity index (χ2v) is 6.85. The van der Waals surface area contributed by atoms with Crippen molar-refractivity contribution in [2.24, 2.45) is 5.92 Å². The lowest BCUT2D eigenvalue weighted by Crippen LogP contribution is -2.42. The third kappa shape index (κ3) is 5.08. The van der Waals surface area contributed by atoms with E-state index in [1.807, 2.05) is 19.9 Å². The van der Waals surface area contributed by atoms with Gasteiger partial charge >= 0.3 is 6.03 Å². The standard InChI is InChI=1S/C19H34N2O2/c1-6-8-10-11-12-14-17(13-9-7-2)18(22)21-16(4)15(3)20(5)19(21)23/h6,15-17H,1,7-14H2,2-5H3. The highest BCUT2D eigenvalue weighted by Crippen LogP contribution is 2.27. The second-order valence-electron chi connectivity index (χ2n) is 6.85. The third-order valence-electron chi connectivity index (χ3n) is 5.18. The first-order chi connectivity index (χ1) is 11.0. The average molecular weight is 322 g/mol. The fourth-order valence-electron chi connectivity index (χ4n) is 3.25. The zero-order chi connectivity index (χ0) is 17.4. The fourth-order valence-corrected chi connectivity index (χ4v) is 3.25. The van der Waals surface area contributed by atoms with E-state index in [1.165, 1.54) is 4.90 Å². The van der Waals surface area contributed by atoms with Gasteiger partial charge in [0.2, 0.25) is 5.91 Å². The SMILES string of the molecule is C=CCCCCCC(CCCC)C(=O)N1C(=O)N(C)C(C)C1C. The first kappa shape index (κ1) is 19.7.